The van der Waals surface area contributed by atoms with E-state index < -0.39 is 0 Å². The molecule has 0 amide bonds. The van der Waals surface area contributed by atoms with Crippen molar-refractivity contribution in [2.24, 2.45) is 0 Å². The Morgan fingerprint density at radius 1 is 0.368 bits per heavy atom. The summed E-state index contributed by atoms with van der Waals surface area (Å²) in [5, 5.41) is 4.53. The second-order valence-corrected chi connectivity index (χ2v) is 14.3. The van der Waals surface area contributed by atoms with Gasteiger partial charge in [-0.15, -0.1) is 0 Å². The van der Waals surface area contributed by atoms with Gasteiger partial charge in [0.05, 0.1) is 5.69 Å². The Morgan fingerprint density at radius 2 is 0.930 bits per heavy atom. The van der Waals surface area contributed by atoms with Crippen LogP contribution in [-0.4, -0.2) is 4.98 Å². The van der Waals surface area contributed by atoms with E-state index in [-0.39, 0.29) is 0 Å². The minimum Gasteiger partial charge on any atom is -0.456 e. The first-order chi connectivity index (χ1) is 28.3. The van der Waals surface area contributed by atoms with Crippen LogP contribution in [0.15, 0.2) is 215 Å². The van der Waals surface area contributed by atoms with E-state index in [0.29, 0.717) is 5.89 Å². The van der Waals surface area contributed by atoms with Gasteiger partial charge in [0, 0.05) is 38.8 Å². The van der Waals surface area contributed by atoms with Crippen molar-refractivity contribution in [3.8, 4) is 44.8 Å². The first kappa shape index (κ1) is 32.7. The van der Waals surface area contributed by atoms with Gasteiger partial charge in [0.1, 0.15) is 16.7 Å². The molecule has 268 valence electrons. The maximum absolute atomic E-state index is 6.66. The average Bonchev–Trinajstić information content (AvgIpc) is 3.90. The van der Waals surface area contributed by atoms with Crippen molar-refractivity contribution < 1.29 is 8.83 Å². The summed E-state index contributed by atoms with van der Waals surface area (Å²) in [5.41, 5.74) is 14.1. The molecule has 0 spiro atoms. The molecule has 0 unspecified atom stereocenters. The van der Waals surface area contributed by atoms with Crippen LogP contribution in [0.1, 0.15) is 0 Å². The summed E-state index contributed by atoms with van der Waals surface area (Å²) in [7, 11) is 0. The van der Waals surface area contributed by atoms with Gasteiger partial charge in [-0.05, 0) is 87.6 Å². The first-order valence-electron chi connectivity index (χ1n) is 19.2. The van der Waals surface area contributed by atoms with Crippen molar-refractivity contribution in [3.05, 3.63) is 206 Å². The first-order valence-corrected chi connectivity index (χ1v) is 19.2. The lowest BCUT2D eigenvalue weighted by atomic mass is 9.97. The predicted octanol–water partition coefficient (Wildman–Crippen LogP) is 15.0. The van der Waals surface area contributed by atoms with Crippen LogP contribution in [0.2, 0.25) is 0 Å². The standard InChI is InChI=1S/C53H34N2O2/c1-2-13-36(14-3-1)43-18-6-8-24-48(43)55(39-31-27-37(28-32-39)42-20-10-16-35-15-4-5-17-41(35)42)40-33-29-38(30-34-40)44-21-11-23-47-52(44)57-53(54-47)46-22-12-26-50-51(46)45-19-7-9-25-49(45)56-50/h1-34H. The van der Waals surface area contributed by atoms with Gasteiger partial charge in [-0.3, -0.25) is 0 Å². The highest BCUT2D eigenvalue weighted by Crippen LogP contribution is 2.43. The summed E-state index contributed by atoms with van der Waals surface area (Å²) in [6.07, 6.45) is 0. The Kier molecular flexibility index (Phi) is 7.78. The van der Waals surface area contributed by atoms with Crippen LogP contribution < -0.4 is 4.90 Å². The average molecular weight is 731 g/mol. The van der Waals surface area contributed by atoms with Gasteiger partial charge in [0.25, 0.3) is 0 Å². The van der Waals surface area contributed by atoms with Gasteiger partial charge >= 0.3 is 0 Å². The molecule has 0 bridgehead atoms. The third-order valence-corrected chi connectivity index (χ3v) is 10.9. The summed E-state index contributed by atoms with van der Waals surface area (Å²) < 4.78 is 12.8. The summed E-state index contributed by atoms with van der Waals surface area (Å²) in [6, 6.07) is 72.3. The number of fused-ring (bicyclic) bond motifs is 5. The third-order valence-electron chi connectivity index (χ3n) is 10.9. The lowest BCUT2D eigenvalue weighted by Gasteiger charge is -2.28. The van der Waals surface area contributed by atoms with Crippen molar-refractivity contribution in [2.45, 2.75) is 0 Å². The molecule has 0 aliphatic heterocycles. The molecule has 2 aromatic heterocycles. The van der Waals surface area contributed by atoms with Gasteiger partial charge in [0.2, 0.25) is 5.89 Å². The fourth-order valence-corrected chi connectivity index (χ4v) is 8.26. The van der Waals surface area contributed by atoms with E-state index in [0.717, 1.165) is 77.9 Å². The molecule has 0 aliphatic carbocycles. The molecule has 4 nitrogen and oxygen atoms in total. The van der Waals surface area contributed by atoms with Crippen LogP contribution in [0.25, 0.3) is 88.6 Å². The molecular weight excluding hydrogens is 697 g/mol. The second kappa shape index (κ2) is 13.6. The molecule has 0 radical (unpaired) electrons. The van der Waals surface area contributed by atoms with E-state index in [4.69, 9.17) is 13.8 Å². The van der Waals surface area contributed by atoms with Crippen molar-refractivity contribution >= 4 is 60.9 Å². The number of benzene rings is 9. The van der Waals surface area contributed by atoms with E-state index in [1.54, 1.807) is 0 Å². The maximum Gasteiger partial charge on any atom is 0.228 e. The van der Waals surface area contributed by atoms with E-state index in [9.17, 15) is 0 Å². The summed E-state index contributed by atoms with van der Waals surface area (Å²) in [5.74, 6) is 0.571. The molecule has 0 saturated heterocycles. The molecule has 0 fully saturated rings. The second-order valence-electron chi connectivity index (χ2n) is 14.3. The molecule has 0 N–H and O–H groups in total. The van der Waals surface area contributed by atoms with Crippen molar-refractivity contribution in [2.75, 3.05) is 4.90 Å². The Bertz CT molecular complexity index is 3230. The molecule has 11 rings (SSSR count). The number of hydrogen-bond donors (Lipinski definition) is 0. The maximum atomic E-state index is 6.66. The Balaban J connectivity index is 1.01. The Labute approximate surface area is 329 Å². The molecular formula is C53H34N2O2. The lowest BCUT2D eigenvalue weighted by Crippen LogP contribution is -2.11. The fourth-order valence-electron chi connectivity index (χ4n) is 8.26. The van der Waals surface area contributed by atoms with E-state index >= 15 is 0 Å². The normalized spacial score (nSPS) is 11.5. The minimum absolute atomic E-state index is 0.571. The number of hydrogen-bond acceptors (Lipinski definition) is 4. The monoisotopic (exact) mass is 730 g/mol. The lowest BCUT2D eigenvalue weighted by molar-refractivity contribution is 0.621. The molecule has 11 aromatic rings. The molecule has 0 aliphatic rings. The van der Waals surface area contributed by atoms with Crippen LogP contribution in [-0.2, 0) is 0 Å². The Hall–Kier alpha value is -7.69. The van der Waals surface area contributed by atoms with E-state index in [1.807, 2.05) is 42.5 Å². The number of oxazole rings is 1. The van der Waals surface area contributed by atoms with Gasteiger partial charge in [0.15, 0.2) is 5.58 Å². The highest BCUT2D eigenvalue weighted by Gasteiger charge is 2.20. The van der Waals surface area contributed by atoms with Crippen LogP contribution in [0.5, 0.6) is 0 Å². The number of aromatic nitrogens is 1. The molecule has 57 heavy (non-hydrogen) atoms. The number of anilines is 3. The van der Waals surface area contributed by atoms with Crippen LogP contribution in [0, 0.1) is 0 Å². The largest absolute Gasteiger partial charge is 0.456 e. The van der Waals surface area contributed by atoms with E-state index in [2.05, 4.69) is 169 Å². The van der Waals surface area contributed by atoms with Gasteiger partial charge < -0.3 is 13.7 Å². The predicted molar refractivity (Wildman–Crippen MR) is 235 cm³/mol. The highest BCUT2D eigenvalue weighted by atomic mass is 16.4. The molecule has 0 atom stereocenters. The smallest absolute Gasteiger partial charge is 0.228 e. The molecule has 0 saturated carbocycles. The highest BCUT2D eigenvalue weighted by molar-refractivity contribution is 6.12. The van der Waals surface area contributed by atoms with Gasteiger partial charge in [-0.25, -0.2) is 4.98 Å². The van der Waals surface area contributed by atoms with Gasteiger partial charge in [-0.2, -0.15) is 0 Å². The Morgan fingerprint density at radius 3 is 1.75 bits per heavy atom. The van der Waals surface area contributed by atoms with Crippen LogP contribution >= 0.6 is 0 Å². The summed E-state index contributed by atoms with van der Waals surface area (Å²) >= 11 is 0. The third kappa shape index (κ3) is 5.66. The number of furan rings is 1. The van der Waals surface area contributed by atoms with Gasteiger partial charge in [-0.1, -0.05) is 152 Å². The summed E-state index contributed by atoms with van der Waals surface area (Å²) in [6.45, 7) is 0. The molecule has 4 heteroatoms. The zero-order valence-electron chi connectivity index (χ0n) is 30.8. The minimum atomic E-state index is 0.571. The molecule has 2 heterocycles. The quantitative estimate of drug-likeness (QED) is 0.164. The topological polar surface area (TPSA) is 42.4 Å². The van der Waals surface area contributed by atoms with Crippen molar-refractivity contribution in [1.82, 2.24) is 4.98 Å². The van der Waals surface area contributed by atoms with Crippen molar-refractivity contribution in [3.63, 3.8) is 0 Å². The molecule has 9 aromatic carbocycles. The zero-order chi connectivity index (χ0) is 37.7. The van der Waals surface area contributed by atoms with Crippen molar-refractivity contribution in [1.29, 1.82) is 0 Å². The summed E-state index contributed by atoms with van der Waals surface area (Å²) in [4.78, 5) is 7.35. The SMILES string of the molecule is c1ccc(-c2ccccc2N(c2ccc(-c3cccc4ccccc34)cc2)c2ccc(-c3cccc4nc(-c5cccc6oc7ccccc7c56)oc34)cc2)cc1. The zero-order valence-corrected chi connectivity index (χ0v) is 30.8. The number of rotatable bonds is 7. The number of nitrogens with zero attached hydrogens (tertiary/aromatic N) is 2. The number of para-hydroxylation sites is 3. The van der Waals surface area contributed by atoms with E-state index in [1.165, 1.54) is 21.9 Å². The van der Waals surface area contributed by atoms with Crippen LogP contribution in [0.4, 0.5) is 17.1 Å². The van der Waals surface area contributed by atoms with Crippen LogP contribution in [0.3, 0.4) is 0 Å². The fraction of sp³-hybridized carbons (Fsp3) is 0.